The van der Waals surface area contributed by atoms with E-state index >= 15 is 0 Å². The Bertz CT molecular complexity index is 783. The Labute approximate surface area is 121 Å². The van der Waals surface area contributed by atoms with Gasteiger partial charge in [-0.15, -0.1) is 0 Å². The lowest BCUT2D eigenvalue weighted by atomic mass is 10.2. The largest absolute Gasteiger partial charge is 0.457 e. The highest BCUT2D eigenvalue weighted by Gasteiger charge is 2.06. The second-order valence-corrected chi connectivity index (χ2v) is 4.82. The molecule has 1 aromatic heterocycles. The summed E-state index contributed by atoms with van der Waals surface area (Å²) in [6, 6.07) is 10.0. The maximum Gasteiger partial charge on any atom is 0.130 e. The molecule has 3 aromatic rings. The van der Waals surface area contributed by atoms with Crippen LogP contribution in [0.25, 0.3) is 10.9 Å². The van der Waals surface area contributed by atoms with Gasteiger partial charge in [0.05, 0.1) is 24.9 Å². The van der Waals surface area contributed by atoms with E-state index < -0.39 is 0 Å². The molecule has 0 saturated carbocycles. The molecule has 0 aliphatic heterocycles. The predicted molar refractivity (Wildman–Crippen MR) is 78.0 cm³/mol. The van der Waals surface area contributed by atoms with Gasteiger partial charge in [-0.05, 0) is 48.9 Å². The van der Waals surface area contributed by atoms with Crippen molar-refractivity contribution in [2.75, 3.05) is 6.61 Å². The summed E-state index contributed by atoms with van der Waals surface area (Å²) in [5.74, 6) is 1.01. The van der Waals surface area contributed by atoms with Crippen LogP contribution in [0.4, 0.5) is 4.39 Å². The van der Waals surface area contributed by atoms with E-state index in [0.29, 0.717) is 18.0 Å². The molecule has 0 spiro atoms. The van der Waals surface area contributed by atoms with Crippen LogP contribution in [0.1, 0.15) is 5.56 Å². The van der Waals surface area contributed by atoms with E-state index in [-0.39, 0.29) is 12.4 Å². The molecule has 1 N–H and O–H groups in total. The van der Waals surface area contributed by atoms with Gasteiger partial charge in [-0.1, -0.05) is 0 Å². The Morgan fingerprint density at radius 3 is 2.86 bits per heavy atom. The minimum Gasteiger partial charge on any atom is -0.457 e. The highest BCUT2D eigenvalue weighted by molar-refractivity contribution is 5.80. The molecule has 1 heterocycles. The number of hydrogen-bond acceptors (Lipinski definition) is 3. The number of ether oxygens (including phenoxy) is 1. The molecule has 0 aliphatic carbocycles. The van der Waals surface area contributed by atoms with Crippen molar-refractivity contribution in [3.05, 3.63) is 54.0 Å². The zero-order valence-corrected chi connectivity index (χ0v) is 11.6. The van der Waals surface area contributed by atoms with Crippen LogP contribution >= 0.6 is 0 Å². The molecular formula is C16H15FN2O2. The Morgan fingerprint density at radius 2 is 2.10 bits per heavy atom. The second-order valence-electron chi connectivity index (χ2n) is 4.82. The molecule has 0 bridgehead atoms. The van der Waals surface area contributed by atoms with Crippen LogP contribution < -0.4 is 4.74 Å². The normalized spacial score (nSPS) is 11.0. The van der Waals surface area contributed by atoms with Gasteiger partial charge in [0.25, 0.3) is 0 Å². The minimum atomic E-state index is -0.277. The summed E-state index contributed by atoms with van der Waals surface area (Å²) in [7, 11) is 0. The summed E-state index contributed by atoms with van der Waals surface area (Å²) in [5.41, 5.74) is 1.68. The maximum atomic E-state index is 13.1. The van der Waals surface area contributed by atoms with Crippen LogP contribution in [0.5, 0.6) is 11.5 Å². The van der Waals surface area contributed by atoms with Crippen molar-refractivity contribution in [2.45, 2.75) is 13.5 Å². The van der Waals surface area contributed by atoms with Gasteiger partial charge in [-0.3, -0.25) is 4.68 Å². The molecule has 0 saturated heterocycles. The van der Waals surface area contributed by atoms with E-state index in [1.165, 1.54) is 12.1 Å². The lowest BCUT2D eigenvalue weighted by Crippen LogP contribution is -2.02. The summed E-state index contributed by atoms with van der Waals surface area (Å²) in [4.78, 5) is 0. The molecule has 2 aromatic carbocycles. The Morgan fingerprint density at radius 1 is 1.24 bits per heavy atom. The number of nitrogens with zero attached hydrogens (tertiary/aromatic N) is 2. The maximum absolute atomic E-state index is 13.1. The fourth-order valence-corrected chi connectivity index (χ4v) is 2.26. The lowest BCUT2D eigenvalue weighted by Gasteiger charge is -2.09. The summed E-state index contributed by atoms with van der Waals surface area (Å²) in [5, 5.41) is 14.1. The van der Waals surface area contributed by atoms with Crippen molar-refractivity contribution in [2.24, 2.45) is 0 Å². The molecule has 4 nitrogen and oxygen atoms in total. The van der Waals surface area contributed by atoms with Crippen molar-refractivity contribution >= 4 is 10.9 Å². The molecule has 5 heteroatoms. The van der Waals surface area contributed by atoms with Crippen LogP contribution in [0, 0.1) is 12.7 Å². The number of fused-ring (bicyclic) bond motifs is 1. The Kier molecular flexibility index (Phi) is 3.58. The van der Waals surface area contributed by atoms with Crippen LogP contribution in [0.2, 0.25) is 0 Å². The average molecular weight is 286 g/mol. The van der Waals surface area contributed by atoms with E-state index in [9.17, 15) is 4.39 Å². The van der Waals surface area contributed by atoms with Gasteiger partial charge in [-0.2, -0.15) is 5.10 Å². The van der Waals surface area contributed by atoms with Crippen molar-refractivity contribution in [3.8, 4) is 11.5 Å². The van der Waals surface area contributed by atoms with E-state index in [4.69, 9.17) is 9.84 Å². The third-order valence-corrected chi connectivity index (χ3v) is 3.29. The third kappa shape index (κ3) is 2.73. The first-order valence-corrected chi connectivity index (χ1v) is 6.68. The van der Waals surface area contributed by atoms with Crippen LogP contribution in [0.3, 0.4) is 0 Å². The molecule has 0 unspecified atom stereocenters. The number of rotatable bonds is 4. The fraction of sp³-hybridized carbons (Fsp3) is 0.188. The van der Waals surface area contributed by atoms with Crippen molar-refractivity contribution in [1.29, 1.82) is 0 Å². The van der Waals surface area contributed by atoms with E-state index in [2.05, 4.69) is 5.10 Å². The van der Waals surface area contributed by atoms with Gasteiger partial charge in [0.2, 0.25) is 0 Å². The number of aliphatic hydroxyl groups is 1. The number of aryl methyl sites for hydroxylation is 1. The predicted octanol–water partition coefficient (Wildman–Crippen LogP) is 3.27. The Balaban J connectivity index is 1.91. The fourth-order valence-electron chi connectivity index (χ4n) is 2.26. The summed E-state index contributed by atoms with van der Waals surface area (Å²) >= 11 is 0. The van der Waals surface area contributed by atoms with Crippen LogP contribution in [-0.4, -0.2) is 21.5 Å². The number of aromatic nitrogens is 2. The quantitative estimate of drug-likeness (QED) is 0.800. The summed E-state index contributed by atoms with van der Waals surface area (Å²) in [6.07, 6.45) is 1.73. The number of hydrogen-bond donors (Lipinski definition) is 1. The SMILES string of the molecule is Cc1cc(F)ccc1Oc1ccc2c(cnn2CCO)c1. The van der Waals surface area contributed by atoms with E-state index in [0.717, 1.165) is 16.5 Å². The molecule has 0 atom stereocenters. The number of aliphatic hydroxyl groups excluding tert-OH is 1. The van der Waals surface area contributed by atoms with E-state index in [1.54, 1.807) is 23.9 Å². The lowest BCUT2D eigenvalue weighted by molar-refractivity contribution is 0.271. The zero-order chi connectivity index (χ0) is 14.8. The number of halogens is 1. The van der Waals surface area contributed by atoms with Gasteiger partial charge in [0.1, 0.15) is 17.3 Å². The molecule has 0 amide bonds. The smallest absolute Gasteiger partial charge is 0.130 e. The standard InChI is InChI=1S/C16H15FN2O2/c1-11-8-13(17)2-5-16(11)21-14-3-4-15-12(9-14)10-18-19(15)6-7-20/h2-5,8-10,20H,6-7H2,1H3. The first kappa shape index (κ1) is 13.6. The number of benzene rings is 2. The van der Waals surface area contributed by atoms with Crippen LogP contribution in [-0.2, 0) is 6.54 Å². The van der Waals surface area contributed by atoms with Gasteiger partial charge in [-0.25, -0.2) is 4.39 Å². The monoisotopic (exact) mass is 286 g/mol. The average Bonchev–Trinajstić information content (AvgIpc) is 2.85. The molecular weight excluding hydrogens is 271 g/mol. The van der Waals surface area contributed by atoms with Crippen molar-refractivity contribution < 1.29 is 14.2 Å². The van der Waals surface area contributed by atoms with Gasteiger partial charge < -0.3 is 9.84 Å². The minimum absolute atomic E-state index is 0.0454. The first-order valence-electron chi connectivity index (χ1n) is 6.68. The zero-order valence-electron chi connectivity index (χ0n) is 11.6. The third-order valence-electron chi connectivity index (χ3n) is 3.29. The van der Waals surface area contributed by atoms with E-state index in [1.807, 2.05) is 18.2 Å². The van der Waals surface area contributed by atoms with Gasteiger partial charge in [0, 0.05) is 5.39 Å². The molecule has 108 valence electrons. The Hall–Kier alpha value is -2.40. The molecule has 0 radical (unpaired) electrons. The summed E-state index contributed by atoms with van der Waals surface area (Å²) < 4.78 is 20.6. The van der Waals surface area contributed by atoms with Gasteiger partial charge >= 0.3 is 0 Å². The molecule has 0 fully saturated rings. The topological polar surface area (TPSA) is 47.3 Å². The van der Waals surface area contributed by atoms with Crippen molar-refractivity contribution in [1.82, 2.24) is 9.78 Å². The molecule has 0 aliphatic rings. The summed E-state index contributed by atoms with van der Waals surface area (Å²) in [6.45, 7) is 2.31. The highest BCUT2D eigenvalue weighted by atomic mass is 19.1. The van der Waals surface area contributed by atoms with Gasteiger partial charge in [0.15, 0.2) is 0 Å². The van der Waals surface area contributed by atoms with Crippen LogP contribution in [0.15, 0.2) is 42.6 Å². The van der Waals surface area contributed by atoms with Crippen molar-refractivity contribution in [3.63, 3.8) is 0 Å². The molecule has 3 rings (SSSR count). The second kappa shape index (κ2) is 5.54. The highest BCUT2D eigenvalue weighted by Crippen LogP contribution is 2.28. The first-order chi connectivity index (χ1) is 10.2. The molecule has 21 heavy (non-hydrogen) atoms.